The van der Waals surface area contributed by atoms with E-state index in [2.05, 4.69) is 15.1 Å². The summed E-state index contributed by atoms with van der Waals surface area (Å²) in [5.74, 6) is 1.03. The fourth-order valence-electron chi connectivity index (χ4n) is 4.89. The third-order valence-electron chi connectivity index (χ3n) is 6.80. The van der Waals surface area contributed by atoms with Crippen LogP contribution in [0.15, 0.2) is 83.9 Å². The highest BCUT2D eigenvalue weighted by molar-refractivity contribution is 7.92. The molecule has 0 saturated carbocycles. The minimum Gasteiger partial charge on any atom is -0.497 e. The summed E-state index contributed by atoms with van der Waals surface area (Å²) >= 11 is 0. The maximum absolute atomic E-state index is 14.0. The van der Waals surface area contributed by atoms with E-state index in [1.165, 1.54) is 4.31 Å². The highest BCUT2D eigenvalue weighted by Crippen LogP contribution is 2.37. The van der Waals surface area contributed by atoms with Gasteiger partial charge in [0.1, 0.15) is 11.6 Å². The topological polar surface area (TPSA) is 142 Å². The van der Waals surface area contributed by atoms with Crippen molar-refractivity contribution in [3.8, 4) is 16.9 Å². The van der Waals surface area contributed by atoms with E-state index in [9.17, 15) is 8.42 Å². The Morgan fingerprint density at radius 3 is 2.32 bits per heavy atom. The van der Waals surface area contributed by atoms with E-state index in [0.717, 1.165) is 22.4 Å². The van der Waals surface area contributed by atoms with Gasteiger partial charge in [0, 0.05) is 0 Å². The molecular formula is C27H25N7O3S. The first-order valence-electron chi connectivity index (χ1n) is 12.0. The number of benzene rings is 3. The Hall–Kier alpha value is -4.64. The fraction of sp³-hybridized carbons (Fsp3) is 0.148. The molecule has 0 spiro atoms. The molecule has 11 heteroatoms. The zero-order chi connectivity index (χ0) is 26.4. The zero-order valence-electron chi connectivity index (χ0n) is 20.5. The van der Waals surface area contributed by atoms with Gasteiger partial charge in [-0.3, -0.25) is 4.31 Å². The van der Waals surface area contributed by atoms with Gasteiger partial charge in [-0.2, -0.15) is 15.1 Å². The Morgan fingerprint density at radius 2 is 1.61 bits per heavy atom. The smallest absolute Gasteiger partial charge is 0.264 e. The molecule has 0 radical (unpaired) electrons. The number of hydrogen-bond acceptors (Lipinski definition) is 8. The molecule has 0 saturated heterocycles. The van der Waals surface area contributed by atoms with Crippen molar-refractivity contribution in [2.45, 2.75) is 17.4 Å². The summed E-state index contributed by atoms with van der Waals surface area (Å²) in [5.41, 5.74) is 15.7. The van der Waals surface area contributed by atoms with Crippen LogP contribution in [-0.2, 0) is 16.4 Å². The first-order chi connectivity index (χ1) is 18.3. The van der Waals surface area contributed by atoms with Gasteiger partial charge < -0.3 is 16.2 Å². The molecule has 1 unspecified atom stereocenters. The van der Waals surface area contributed by atoms with Crippen molar-refractivity contribution >= 4 is 38.5 Å². The fourth-order valence-corrected chi connectivity index (χ4v) is 6.43. The number of ether oxygens (including phenoxy) is 1. The second-order valence-corrected chi connectivity index (χ2v) is 10.9. The van der Waals surface area contributed by atoms with Gasteiger partial charge in [-0.25, -0.2) is 13.1 Å². The Bertz CT molecular complexity index is 1750. The molecular weight excluding hydrogens is 502 g/mol. The SMILES string of the molecule is COc1ccc(-c2ccc(S(=O)(=O)N3CC(n4ncc5c(N)nc(N)nc54)Cc4ccccc43)cc2)cc1. The average molecular weight is 528 g/mol. The third-order valence-corrected chi connectivity index (χ3v) is 8.60. The van der Waals surface area contributed by atoms with Crippen molar-refractivity contribution in [3.05, 3.63) is 84.6 Å². The maximum Gasteiger partial charge on any atom is 0.264 e. The summed E-state index contributed by atoms with van der Waals surface area (Å²) in [5, 5.41) is 5.06. The molecule has 1 aliphatic rings. The minimum absolute atomic E-state index is 0.0365. The first-order valence-corrected chi connectivity index (χ1v) is 13.4. The molecule has 4 N–H and O–H groups in total. The standard InChI is InChI=1S/C27H25N7O3S/c1-37-21-10-6-17(7-11-21)18-8-12-22(13-9-18)38(35,36)33-16-20(14-19-4-2-3-5-24(19)33)34-26-23(15-30-34)25(28)31-27(29)32-26/h2-13,15,20H,14,16H2,1H3,(H4,28,29,31,32). The van der Waals surface area contributed by atoms with Crippen LogP contribution < -0.4 is 20.5 Å². The number of nitrogens with two attached hydrogens (primary N) is 2. The molecule has 1 aliphatic heterocycles. The number of anilines is 3. The lowest BCUT2D eigenvalue weighted by Crippen LogP contribution is -2.41. The van der Waals surface area contributed by atoms with Crippen LogP contribution in [0.2, 0.25) is 0 Å². The predicted molar refractivity (Wildman–Crippen MR) is 146 cm³/mol. The first kappa shape index (κ1) is 23.7. The highest BCUT2D eigenvalue weighted by Gasteiger charge is 2.35. The summed E-state index contributed by atoms with van der Waals surface area (Å²) in [7, 11) is -2.27. The van der Waals surface area contributed by atoms with Crippen LogP contribution in [0.1, 0.15) is 11.6 Å². The van der Waals surface area contributed by atoms with Crippen LogP contribution in [-0.4, -0.2) is 41.8 Å². The van der Waals surface area contributed by atoms with Gasteiger partial charge in [-0.1, -0.05) is 42.5 Å². The Labute approximate surface area is 219 Å². The van der Waals surface area contributed by atoms with Gasteiger partial charge in [-0.05, 0) is 53.4 Å². The average Bonchev–Trinajstić information content (AvgIpc) is 3.37. The second kappa shape index (κ2) is 9.03. The number of para-hydroxylation sites is 1. The third kappa shape index (κ3) is 3.97. The molecule has 0 aliphatic carbocycles. The maximum atomic E-state index is 14.0. The summed E-state index contributed by atoms with van der Waals surface area (Å²) in [4.78, 5) is 8.54. The number of nitrogen functional groups attached to an aromatic ring is 2. The number of aromatic nitrogens is 4. The molecule has 10 nitrogen and oxygen atoms in total. The lowest BCUT2D eigenvalue weighted by atomic mass is 10.00. The van der Waals surface area contributed by atoms with Crippen LogP contribution in [0.4, 0.5) is 17.5 Å². The molecule has 2 aromatic heterocycles. The number of sulfonamides is 1. The molecule has 0 bridgehead atoms. The van der Waals surface area contributed by atoms with Gasteiger partial charge in [-0.15, -0.1) is 0 Å². The van der Waals surface area contributed by atoms with Crippen LogP contribution in [0.3, 0.4) is 0 Å². The van der Waals surface area contributed by atoms with E-state index in [1.807, 2.05) is 60.7 Å². The van der Waals surface area contributed by atoms with Gasteiger partial charge in [0.2, 0.25) is 5.95 Å². The van der Waals surface area contributed by atoms with E-state index in [1.54, 1.807) is 30.1 Å². The van der Waals surface area contributed by atoms with E-state index in [4.69, 9.17) is 16.2 Å². The highest BCUT2D eigenvalue weighted by atomic mass is 32.2. The molecule has 0 fully saturated rings. The summed E-state index contributed by atoms with van der Waals surface area (Å²) < 4.78 is 36.3. The van der Waals surface area contributed by atoms with Crippen molar-refractivity contribution in [2.75, 3.05) is 29.4 Å². The summed E-state index contributed by atoms with van der Waals surface area (Å²) in [6.45, 7) is 0.167. The van der Waals surface area contributed by atoms with Crippen LogP contribution in [0.5, 0.6) is 5.75 Å². The Morgan fingerprint density at radius 1 is 0.921 bits per heavy atom. The second-order valence-electron chi connectivity index (χ2n) is 9.07. The number of fused-ring (bicyclic) bond motifs is 2. The Kier molecular flexibility index (Phi) is 5.64. The minimum atomic E-state index is -3.89. The number of hydrogen-bond donors (Lipinski definition) is 2. The van der Waals surface area contributed by atoms with Crippen LogP contribution >= 0.6 is 0 Å². The number of rotatable bonds is 5. The van der Waals surface area contributed by atoms with Crippen molar-refractivity contribution in [1.82, 2.24) is 19.7 Å². The summed E-state index contributed by atoms with van der Waals surface area (Å²) in [6, 6.07) is 21.7. The lowest BCUT2D eigenvalue weighted by molar-refractivity contribution is 0.415. The molecule has 0 amide bonds. The van der Waals surface area contributed by atoms with Crippen molar-refractivity contribution in [3.63, 3.8) is 0 Å². The quantitative estimate of drug-likeness (QED) is 0.353. The molecule has 3 heterocycles. The van der Waals surface area contributed by atoms with Gasteiger partial charge in [0.15, 0.2) is 5.65 Å². The van der Waals surface area contributed by atoms with Crippen molar-refractivity contribution in [1.29, 1.82) is 0 Å². The van der Waals surface area contributed by atoms with E-state index < -0.39 is 10.0 Å². The van der Waals surface area contributed by atoms with Gasteiger partial charge in [0.05, 0.1) is 41.9 Å². The van der Waals surface area contributed by atoms with Crippen molar-refractivity contribution < 1.29 is 13.2 Å². The van der Waals surface area contributed by atoms with Gasteiger partial charge >= 0.3 is 0 Å². The molecule has 6 rings (SSSR count). The normalized spacial score (nSPS) is 15.4. The molecule has 3 aromatic carbocycles. The lowest BCUT2D eigenvalue weighted by Gasteiger charge is -2.35. The van der Waals surface area contributed by atoms with E-state index in [0.29, 0.717) is 23.1 Å². The largest absolute Gasteiger partial charge is 0.497 e. The predicted octanol–water partition coefficient (Wildman–Crippen LogP) is 3.66. The van der Waals surface area contributed by atoms with Crippen LogP contribution in [0.25, 0.3) is 22.2 Å². The molecule has 1 atom stereocenters. The molecule has 5 aromatic rings. The Balaban J connectivity index is 1.37. The molecule has 192 valence electrons. The van der Waals surface area contributed by atoms with Crippen molar-refractivity contribution in [2.24, 2.45) is 0 Å². The summed E-state index contributed by atoms with van der Waals surface area (Å²) in [6.07, 6.45) is 2.15. The monoisotopic (exact) mass is 527 g/mol. The number of nitrogens with zero attached hydrogens (tertiary/aromatic N) is 5. The molecule has 38 heavy (non-hydrogen) atoms. The van der Waals surface area contributed by atoms with E-state index >= 15 is 0 Å². The van der Waals surface area contributed by atoms with E-state index in [-0.39, 0.29) is 29.2 Å². The van der Waals surface area contributed by atoms with Gasteiger partial charge in [0.25, 0.3) is 10.0 Å². The zero-order valence-corrected chi connectivity index (χ0v) is 21.3. The number of methoxy groups -OCH3 is 1. The van der Waals surface area contributed by atoms with Crippen LogP contribution in [0, 0.1) is 0 Å².